The van der Waals surface area contributed by atoms with Gasteiger partial charge < -0.3 is 0 Å². The molecule has 0 saturated carbocycles. The third kappa shape index (κ3) is 2.34. The van der Waals surface area contributed by atoms with Gasteiger partial charge in [-0.25, -0.2) is 4.39 Å². The highest BCUT2D eigenvalue weighted by atomic mass is 35.5. The van der Waals surface area contributed by atoms with Gasteiger partial charge in [0, 0.05) is 6.42 Å². The van der Waals surface area contributed by atoms with Gasteiger partial charge in [-0.2, -0.15) is 5.26 Å². The lowest BCUT2D eigenvalue weighted by Gasteiger charge is -2.19. The number of rotatable bonds is 2. The largest absolute Gasteiger partial charge is 0.205 e. The number of benzene rings is 1. The van der Waals surface area contributed by atoms with Crippen LogP contribution in [0.3, 0.4) is 0 Å². The van der Waals surface area contributed by atoms with E-state index < -0.39 is 5.82 Å². The van der Waals surface area contributed by atoms with Crippen molar-refractivity contribution in [2.24, 2.45) is 0 Å². The van der Waals surface area contributed by atoms with Gasteiger partial charge in [0.2, 0.25) is 0 Å². The maximum Gasteiger partial charge on any atom is 0.141 e. The molecule has 2 rings (SSSR count). The summed E-state index contributed by atoms with van der Waals surface area (Å²) in [6, 6.07) is 7.08. The fourth-order valence-electron chi connectivity index (χ4n) is 1.94. The van der Waals surface area contributed by atoms with E-state index in [4.69, 9.17) is 11.6 Å². The Morgan fingerprint density at radius 1 is 1.56 bits per heavy atom. The highest BCUT2D eigenvalue weighted by Gasteiger charge is 2.34. The first-order valence-corrected chi connectivity index (χ1v) is 6.51. The van der Waals surface area contributed by atoms with Crippen LogP contribution in [0.15, 0.2) is 18.2 Å². The van der Waals surface area contributed by atoms with E-state index >= 15 is 0 Å². The Bertz CT molecular complexity index is 435. The quantitative estimate of drug-likeness (QED) is 0.802. The minimum absolute atomic E-state index is 0.133. The second-order valence-electron chi connectivity index (χ2n) is 3.98. The van der Waals surface area contributed by atoms with Crippen molar-refractivity contribution in [2.45, 2.75) is 24.0 Å². The summed E-state index contributed by atoms with van der Waals surface area (Å²) in [6.45, 7) is 0. The molecule has 16 heavy (non-hydrogen) atoms. The van der Waals surface area contributed by atoms with Gasteiger partial charge >= 0.3 is 0 Å². The molecule has 0 bridgehead atoms. The molecule has 1 saturated heterocycles. The first-order valence-electron chi connectivity index (χ1n) is 5.14. The van der Waals surface area contributed by atoms with E-state index in [0.717, 1.165) is 24.2 Å². The molecule has 84 valence electrons. The number of thioether (sulfide) groups is 1. The second-order valence-corrected chi connectivity index (χ2v) is 5.87. The summed E-state index contributed by atoms with van der Waals surface area (Å²) in [6.07, 6.45) is 2.63. The fourth-order valence-corrected chi connectivity index (χ4v) is 3.45. The van der Waals surface area contributed by atoms with Crippen LogP contribution >= 0.6 is 23.4 Å². The van der Waals surface area contributed by atoms with Gasteiger partial charge in [0.25, 0.3) is 0 Å². The maximum atomic E-state index is 13.0. The third-order valence-corrected chi connectivity index (χ3v) is 4.56. The van der Waals surface area contributed by atoms with E-state index in [1.165, 1.54) is 6.07 Å². The van der Waals surface area contributed by atoms with Crippen molar-refractivity contribution in [3.63, 3.8) is 0 Å². The third-order valence-electron chi connectivity index (χ3n) is 2.78. The van der Waals surface area contributed by atoms with E-state index in [1.807, 2.05) is 0 Å². The van der Waals surface area contributed by atoms with Crippen molar-refractivity contribution >= 4 is 23.4 Å². The molecule has 0 amide bonds. The zero-order valence-corrected chi connectivity index (χ0v) is 10.2. The van der Waals surface area contributed by atoms with E-state index in [9.17, 15) is 9.65 Å². The normalized spacial score (nSPS) is 24.3. The first kappa shape index (κ1) is 11.8. The second kappa shape index (κ2) is 4.65. The van der Waals surface area contributed by atoms with Gasteiger partial charge in [0.15, 0.2) is 0 Å². The summed E-state index contributed by atoms with van der Waals surface area (Å²) in [7, 11) is 0. The molecular weight excluding hydrogens is 245 g/mol. The van der Waals surface area contributed by atoms with Gasteiger partial charge in [-0.15, -0.1) is 11.8 Å². The van der Waals surface area contributed by atoms with Gasteiger partial charge in [0.05, 0.1) is 11.1 Å². The van der Waals surface area contributed by atoms with Crippen LogP contribution in [0.25, 0.3) is 0 Å². The van der Waals surface area contributed by atoms with Crippen LogP contribution in [-0.2, 0) is 6.42 Å². The molecule has 1 heterocycles. The minimum Gasteiger partial charge on any atom is -0.205 e. The molecule has 0 N–H and O–H groups in total. The van der Waals surface area contributed by atoms with Gasteiger partial charge in [-0.05, 0) is 36.3 Å². The number of nitrogens with zero attached hydrogens (tertiary/aromatic N) is 1. The Morgan fingerprint density at radius 2 is 2.38 bits per heavy atom. The zero-order chi connectivity index (χ0) is 11.6. The maximum absolute atomic E-state index is 13.0. The highest BCUT2D eigenvalue weighted by Crippen LogP contribution is 2.40. The van der Waals surface area contributed by atoms with Crippen molar-refractivity contribution < 1.29 is 4.39 Å². The molecule has 0 aliphatic carbocycles. The summed E-state index contributed by atoms with van der Waals surface area (Å²) >= 11 is 7.42. The number of nitriles is 1. The molecule has 0 radical (unpaired) electrons. The van der Waals surface area contributed by atoms with Gasteiger partial charge in [0.1, 0.15) is 10.6 Å². The average Bonchev–Trinajstić information content (AvgIpc) is 2.73. The van der Waals surface area contributed by atoms with Gasteiger partial charge in [-0.1, -0.05) is 17.7 Å². The summed E-state index contributed by atoms with van der Waals surface area (Å²) < 4.78 is 12.7. The molecule has 0 spiro atoms. The highest BCUT2D eigenvalue weighted by molar-refractivity contribution is 8.01. The number of hydrogen-bond acceptors (Lipinski definition) is 2. The Hall–Kier alpha value is -0.720. The van der Waals surface area contributed by atoms with E-state index in [-0.39, 0.29) is 9.77 Å². The van der Waals surface area contributed by atoms with Crippen LogP contribution in [0.5, 0.6) is 0 Å². The molecule has 4 heteroatoms. The Morgan fingerprint density at radius 3 is 2.94 bits per heavy atom. The molecule has 0 aromatic heterocycles. The van der Waals surface area contributed by atoms with Crippen LogP contribution < -0.4 is 0 Å². The lowest BCUT2D eigenvalue weighted by atomic mass is 9.96. The van der Waals surface area contributed by atoms with E-state index in [2.05, 4.69) is 6.07 Å². The van der Waals surface area contributed by atoms with Crippen molar-refractivity contribution in [3.8, 4) is 6.07 Å². The SMILES string of the molecule is N#CC1(Cc2ccc(F)c(Cl)c2)CCCS1. The molecule has 1 aliphatic heterocycles. The summed E-state index contributed by atoms with van der Waals surface area (Å²) in [5.74, 6) is 0.623. The monoisotopic (exact) mass is 255 g/mol. The van der Waals surface area contributed by atoms with Crippen LogP contribution in [-0.4, -0.2) is 10.5 Å². The average molecular weight is 256 g/mol. The van der Waals surface area contributed by atoms with Crippen molar-refractivity contribution in [1.82, 2.24) is 0 Å². The lowest BCUT2D eigenvalue weighted by Crippen LogP contribution is -2.21. The molecule has 1 unspecified atom stereocenters. The standard InChI is InChI=1S/C12H11ClFNS/c13-10-6-9(2-3-11(10)14)7-12(8-15)4-1-5-16-12/h2-3,6H,1,4-5,7H2. The topological polar surface area (TPSA) is 23.8 Å². The van der Waals surface area contributed by atoms with Crippen LogP contribution in [0.2, 0.25) is 5.02 Å². The lowest BCUT2D eigenvalue weighted by molar-refractivity contribution is 0.625. The van der Waals surface area contributed by atoms with Crippen molar-refractivity contribution in [2.75, 3.05) is 5.75 Å². The number of hydrogen-bond donors (Lipinski definition) is 0. The Labute approximate surface area is 104 Å². The predicted molar refractivity (Wildman–Crippen MR) is 65.2 cm³/mol. The van der Waals surface area contributed by atoms with E-state index in [0.29, 0.717) is 6.42 Å². The van der Waals surface area contributed by atoms with Crippen molar-refractivity contribution in [1.29, 1.82) is 5.26 Å². The van der Waals surface area contributed by atoms with Crippen LogP contribution in [0.4, 0.5) is 4.39 Å². The van der Waals surface area contributed by atoms with Crippen LogP contribution in [0, 0.1) is 17.1 Å². The van der Waals surface area contributed by atoms with Crippen molar-refractivity contribution in [3.05, 3.63) is 34.6 Å². The predicted octanol–water partition coefficient (Wildman–Crippen LogP) is 3.81. The molecule has 1 nitrogen and oxygen atoms in total. The molecular formula is C12H11ClFNS. The summed E-state index contributed by atoms with van der Waals surface area (Å²) in [5, 5.41) is 9.36. The Kier molecular flexibility index (Phi) is 3.41. The summed E-state index contributed by atoms with van der Waals surface area (Å²) in [4.78, 5) is 0. The molecule has 1 atom stereocenters. The first-order chi connectivity index (χ1) is 7.65. The molecule has 1 aromatic rings. The Balaban J connectivity index is 2.20. The number of halogens is 2. The molecule has 1 aliphatic rings. The van der Waals surface area contributed by atoms with E-state index in [1.54, 1.807) is 23.9 Å². The smallest absolute Gasteiger partial charge is 0.141 e. The minimum atomic E-state index is -0.407. The zero-order valence-electron chi connectivity index (χ0n) is 8.67. The van der Waals surface area contributed by atoms with Gasteiger partial charge in [-0.3, -0.25) is 0 Å². The summed E-state index contributed by atoms with van der Waals surface area (Å²) in [5.41, 5.74) is 0.933. The molecule has 1 aromatic carbocycles. The molecule has 1 fully saturated rings. The van der Waals surface area contributed by atoms with Crippen LogP contribution in [0.1, 0.15) is 18.4 Å². The fraction of sp³-hybridized carbons (Fsp3) is 0.417.